The van der Waals surface area contributed by atoms with Gasteiger partial charge in [-0.1, -0.05) is 0 Å². The average Bonchev–Trinajstić information content (AvgIpc) is 3.04. The topological polar surface area (TPSA) is 64.1 Å². The molecular weight excluding hydrogens is 258 g/mol. The van der Waals surface area contributed by atoms with Crippen LogP contribution in [0.3, 0.4) is 0 Å². The first-order valence-electron chi connectivity index (χ1n) is 7.62. The highest BCUT2D eigenvalue weighted by Crippen LogP contribution is 2.27. The summed E-state index contributed by atoms with van der Waals surface area (Å²) in [5, 5.41) is 9.23. The molecule has 3 aliphatic rings. The van der Waals surface area contributed by atoms with Gasteiger partial charge in [0, 0.05) is 31.7 Å². The van der Waals surface area contributed by atoms with Gasteiger partial charge in [0.1, 0.15) is 6.04 Å². The molecule has 20 heavy (non-hydrogen) atoms. The van der Waals surface area contributed by atoms with Crippen LogP contribution >= 0.6 is 0 Å². The van der Waals surface area contributed by atoms with Crippen molar-refractivity contribution in [2.45, 2.75) is 50.7 Å². The van der Waals surface area contributed by atoms with Gasteiger partial charge in [-0.3, -0.25) is 4.90 Å². The number of nitrogens with zero attached hydrogens (tertiary/aromatic N) is 3. The van der Waals surface area contributed by atoms with Gasteiger partial charge in [-0.05, 0) is 39.2 Å². The number of hydrogen-bond donors (Lipinski definition) is 1. The molecule has 3 unspecified atom stereocenters. The lowest BCUT2D eigenvalue weighted by Crippen LogP contribution is -2.60. The molecule has 0 bridgehead atoms. The number of hydrogen-bond acceptors (Lipinski definition) is 3. The van der Waals surface area contributed by atoms with E-state index < -0.39 is 12.0 Å². The van der Waals surface area contributed by atoms with Crippen LogP contribution in [-0.4, -0.2) is 76.1 Å². The predicted octanol–water partition coefficient (Wildman–Crippen LogP) is 0.824. The Kier molecular flexibility index (Phi) is 3.58. The summed E-state index contributed by atoms with van der Waals surface area (Å²) < 4.78 is 0. The van der Waals surface area contributed by atoms with E-state index in [1.807, 2.05) is 4.90 Å². The normalized spacial score (nSPS) is 34.4. The minimum atomic E-state index is -0.872. The zero-order chi connectivity index (χ0) is 14.3. The lowest BCUT2D eigenvalue weighted by Gasteiger charge is -2.44. The largest absolute Gasteiger partial charge is 0.480 e. The van der Waals surface area contributed by atoms with Crippen LogP contribution in [0.15, 0.2) is 0 Å². The van der Waals surface area contributed by atoms with Crippen molar-refractivity contribution in [2.75, 3.05) is 26.2 Å². The molecule has 1 N–H and O–H groups in total. The monoisotopic (exact) mass is 281 g/mol. The fourth-order valence-electron chi connectivity index (χ4n) is 3.87. The van der Waals surface area contributed by atoms with Crippen LogP contribution in [0, 0.1) is 0 Å². The molecular formula is C14H23N3O3. The molecule has 0 aromatic heterocycles. The Bertz CT molecular complexity index is 414. The Labute approximate surface area is 119 Å². The summed E-state index contributed by atoms with van der Waals surface area (Å²) in [4.78, 5) is 29.8. The van der Waals surface area contributed by atoms with E-state index in [9.17, 15) is 14.7 Å². The average molecular weight is 281 g/mol. The number of likely N-dealkylation sites (tertiary alicyclic amines) is 1. The van der Waals surface area contributed by atoms with Crippen molar-refractivity contribution in [3.05, 3.63) is 0 Å². The van der Waals surface area contributed by atoms with Gasteiger partial charge in [0.15, 0.2) is 0 Å². The fraction of sp³-hybridized carbons (Fsp3) is 0.857. The summed E-state index contributed by atoms with van der Waals surface area (Å²) in [5.41, 5.74) is 0. The quantitative estimate of drug-likeness (QED) is 0.773. The molecule has 6 heteroatoms. The molecule has 0 aromatic carbocycles. The molecule has 3 heterocycles. The van der Waals surface area contributed by atoms with Crippen molar-refractivity contribution in [3.8, 4) is 0 Å². The van der Waals surface area contributed by atoms with E-state index in [4.69, 9.17) is 0 Å². The van der Waals surface area contributed by atoms with Gasteiger partial charge in [0.2, 0.25) is 0 Å². The second-order valence-electron chi connectivity index (χ2n) is 6.26. The maximum atomic E-state index is 12.7. The van der Waals surface area contributed by atoms with Gasteiger partial charge in [-0.15, -0.1) is 0 Å². The van der Waals surface area contributed by atoms with E-state index in [1.54, 1.807) is 4.90 Å². The molecule has 3 rings (SSSR count). The smallest absolute Gasteiger partial charge is 0.326 e. The van der Waals surface area contributed by atoms with Crippen molar-refractivity contribution < 1.29 is 14.7 Å². The highest BCUT2D eigenvalue weighted by Gasteiger charge is 2.41. The standard InChI is InChI=1S/C14H23N3O3/c1-10-8-15-6-2-4-11(15)9-17(10)14(20)16-7-3-5-12(16)13(18)19/h10-12H,2-9H2,1H3,(H,18,19). The highest BCUT2D eigenvalue weighted by molar-refractivity contribution is 5.83. The number of carbonyl (C=O) groups excluding carboxylic acids is 1. The van der Waals surface area contributed by atoms with Crippen LogP contribution < -0.4 is 0 Å². The van der Waals surface area contributed by atoms with E-state index >= 15 is 0 Å². The van der Waals surface area contributed by atoms with E-state index in [0.717, 1.165) is 32.5 Å². The Morgan fingerprint density at radius 2 is 1.80 bits per heavy atom. The van der Waals surface area contributed by atoms with Crippen molar-refractivity contribution in [1.29, 1.82) is 0 Å². The number of urea groups is 1. The van der Waals surface area contributed by atoms with Gasteiger partial charge in [0.25, 0.3) is 0 Å². The SMILES string of the molecule is CC1CN2CCCC2CN1C(=O)N1CCCC1C(=O)O. The lowest BCUT2D eigenvalue weighted by atomic mass is 10.1. The number of carboxylic acids is 1. The van der Waals surface area contributed by atoms with Gasteiger partial charge >= 0.3 is 12.0 Å². The second kappa shape index (κ2) is 5.24. The van der Waals surface area contributed by atoms with E-state index in [0.29, 0.717) is 19.0 Å². The molecule has 3 atom stereocenters. The van der Waals surface area contributed by atoms with Crippen molar-refractivity contribution in [1.82, 2.24) is 14.7 Å². The third kappa shape index (κ3) is 2.26. The molecule has 112 valence electrons. The van der Waals surface area contributed by atoms with E-state index in [-0.39, 0.29) is 12.1 Å². The van der Waals surface area contributed by atoms with Crippen molar-refractivity contribution in [3.63, 3.8) is 0 Å². The first kappa shape index (κ1) is 13.7. The zero-order valence-electron chi connectivity index (χ0n) is 12.0. The lowest BCUT2D eigenvalue weighted by molar-refractivity contribution is -0.141. The number of carboxylic acid groups (broad SMARTS) is 1. The van der Waals surface area contributed by atoms with Crippen LogP contribution in [0.5, 0.6) is 0 Å². The predicted molar refractivity (Wildman–Crippen MR) is 73.5 cm³/mol. The molecule has 0 aliphatic carbocycles. The summed E-state index contributed by atoms with van der Waals surface area (Å²) in [7, 11) is 0. The number of aliphatic carboxylic acids is 1. The molecule has 6 nitrogen and oxygen atoms in total. The van der Waals surface area contributed by atoms with Crippen LogP contribution in [0.25, 0.3) is 0 Å². The molecule has 0 radical (unpaired) electrons. The third-order valence-corrected chi connectivity index (χ3v) is 4.97. The molecule has 2 amide bonds. The minimum absolute atomic E-state index is 0.0750. The van der Waals surface area contributed by atoms with Crippen LogP contribution in [0.2, 0.25) is 0 Å². The number of piperazine rings is 1. The number of amides is 2. The summed E-state index contributed by atoms with van der Waals surface area (Å²) in [5.74, 6) is -0.872. The first-order chi connectivity index (χ1) is 9.58. The summed E-state index contributed by atoms with van der Waals surface area (Å²) in [6.45, 7) is 5.45. The number of carbonyl (C=O) groups is 2. The second-order valence-corrected chi connectivity index (χ2v) is 6.26. The Balaban J connectivity index is 1.71. The first-order valence-corrected chi connectivity index (χ1v) is 7.62. The zero-order valence-corrected chi connectivity index (χ0v) is 12.0. The van der Waals surface area contributed by atoms with E-state index in [2.05, 4.69) is 11.8 Å². The van der Waals surface area contributed by atoms with Crippen molar-refractivity contribution in [2.24, 2.45) is 0 Å². The molecule has 3 saturated heterocycles. The summed E-state index contributed by atoms with van der Waals surface area (Å²) in [6, 6.07) is -0.0572. The van der Waals surface area contributed by atoms with E-state index in [1.165, 1.54) is 6.42 Å². The fourth-order valence-corrected chi connectivity index (χ4v) is 3.87. The van der Waals surface area contributed by atoms with Crippen LogP contribution in [0.1, 0.15) is 32.6 Å². The van der Waals surface area contributed by atoms with Gasteiger partial charge < -0.3 is 14.9 Å². The molecule has 3 aliphatic heterocycles. The van der Waals surface area contributed by atoms with Crippen molar-refractivity contribution >= 4 is 12.0 Å². The van der Waals surface area contributed by atoms with Gasteiger partial charge in [-0.25, -0.2) is 9.59 Å². The molecule has 3 fully saturated rings. The maximum absolute atomic E-state index is 12.7. The van der Waals surface area contributed by atoms with Crippen LogP contribution in [0.4, 0.5) is 4.79 Å². The Hall–Kier alpha value is -1.30. The molecule has 0 aromatic rings. The minimum Gasteiger partial charge on any atom is -0.480 e. The molecule has 0 saturated carbocycles. The van der Waals surface area contributed by atoms with Gasteiger partial charge in [-0.2, -0.15) is 0 Å². The maximum Gasteiger partial charge on any atom is 0.326 e. The Morgan fingerprint density at radius 1 is 1.05 bits per heavy atom. The summed E-state index contributed by atoms with van der Waals surface area (Å²) >= 11 is 0. The Morgan fingerprint density at radius 3 is 2.55 bits per heavy atom. The summed E-state index contributed by atoms with van der Waals surface area (Å²) in [6.07, 6.45) is 3.74. The number of rotatable bonds is 1. The van der Waals surface area contributed by atoms with Gasteiger partial charge in [0.05, 0.1) is 0 Å². The molecule has 0 spiro atoms. The highest BCUT2D eigenvalue weighted by atomic mass is 16.4. The third-order valence-electron chi connectivity index (χ3n) is 4.97. The van der Waals surface area contributed by atoms with Crippen LogP contribution in [-0.2, 0) is 4.79 Å². The number of fused-ring (bicyclic) bond motifs is 1.